The summed E-state index contributed by atoms with van der Waals surface area (Å²) in [7, 11) is 0. The van der Waals surface area contributed by atoms with Gasteiger partial charge in [0.2, 0.25) is 5.91 Å². The summed E-state index contributed by atoms with van der Waals surface area (Å²) in [6.07, 6.45) is 2.31. The van der Waals surface area contributed by atoms with Crippen molar-refractivity contribution in [2.24, 2.45) is 0 Å². The van der Waals surface area contributed by atoms with Crippen molar-refractivity contribution < 1.29 is 14.3 Å². The van der Waals surface area contributed by atoms with Crippen molar-refractivity contribution in [1.82, 2.24) is 5.32 Å². The molecule has 1 heterocycles. The van der Waals surface area contributed by atoms with Gasteiger partial charge in [-0.25, -0.2) is 0 Å². The third-order valence-electron chi connectivity index (χ3n) is 3.28. The highest BCUT2D eigenvalue weighted by Gasteiger charge is 2.18. The summed E-state index contributed by atoms with van der Waals surface area (Å²) in [5.74, 6) is -0.171. The van der Waals surface area contributed by atoms with Crippen molar-refractivity contribution in [3.05, 3.63) is 29.8 Å². The largest absolute Gasteiger partial charge is 0.376 e. The Balaban J connectivity index is 1.97. The van der Waals surface area contributed by atoms with E-state index in [9.17, 15) is 9.59 Å². The summed E-state index contributed by atoms with van der Waals surface area (Å²) < 4.78 is 5.47. The Morgan fingerprint density at radius 2 is 2.14 bits per heavy atom. The van der Waals surface area contributed by atoms with Gasteiger partial charge >= 0.3 is 0 Å². The summed E-state index contributed by atoms with van der Waals surface area (Å²) in [4.78, 5) is 23.8. The van der Waals surface area contributed by atoms with Crippen molar-refractivity contribution in [3.8, 4) is 0 Å². The third-order valence-corrected chi connectivity index (χ3v) is 3.47. The van der Waals surface area contributed by atoms with Crippen LogP contribution < -0.4 is 10.6 Å². The van der Waals surface area contributed by atoms with E-state index >= 15 is 0 Å². The predicted molar refractivity (Wildman–Crippen MR) is 81.7 cm³/mol. The molecule has 5 nitrogen and oxygen atoms in total. The van der Waals surface area contributed by atoms with Gasteiger partial charge < -0.3 is 15.4 Å². The normalized spacial score (nSPS) is 17.5. The number of ether oxygens (including phenoxy) is 1. The molecule has 1 aromatic carbocycles. The molecule has 2 amide bonds. The first kappa shape index (κ1) is 15.8. The summed E-state index contributed by atoms with van der Waals surface area (Å²) in [6.45, 7) is 1.24. The van der Waals surface area contributed by atoms with E-state index in [2.05, 4.69) is 10.6 Å². The van der Waals surface area contributed by atoms with Gasteiger partial charge in [-0.15, -0.1) is 11.6 Å². The van der Waals surface area contributed by atoms with Crippen LogP contribution in [0.4, 0.5) is 5.69 Å². The smallest absolute Gasteiger partial charge is 0.253 e. The molecule has 6 heteroatoms. The average molecular weight is 311 g/mol. The van der Waals surface area contributed by atoms with Gasteiger partial charge in [0.1, 0.15) is 0 Å². The lowest BCUT2D eigenvalue weighted by Gasteiger charge is -2.13. The van der Waals surface area contributed by atoms with E-state index in [-0.39, 0.29) is 30.2 Å². The number of hydrogen-bond acceptors (Lipinski definition) is 3. The van der Waals surface area contributed by atoms with Gasteiger partial charge in [0.15, 0.2) is 0 Å². The van der Waals surface area contributed by atoms with Crippen LogP contribution in [0.15, 0.2) is 24.3 Å². The van der Waals surface area contributed by atoms with E-state index in [1.165, 1.54) is 0 Å². The number of halogens is 1. The van der Waals surface area contributed by atoms with E-state index in [0.717, 1.165) is 19.4 Å². The highest BCUT2D eigenvalue weighted by atomic mass is 35.5. The standard InChI is InChI=1S/C15H19ClN2O3/c16-8-7-14(19)18-13-6-2-1-5-12(13)15(20)17-10-11-4-3-9-21-11/h1-2,5-6,11H,3-4,7-10H2,(H,17,20)(H,18,19)/t11-/m1/s1. The van der Waals surface area contributed by atoms with Crippen LogP contribution >= 0.6 is 11.6 Å². The third kappa shape index (κ3) is 4.72. The van der Waals surface area contributed by atoms with E-state index in [1.54, 1.807) is 24.3 Å². The van der Waals surface area contributed by atoms with Gasteiger partial charge in [0.25, 0.3) is 5.91 Å². The number of rotatable bonds is 6. The minimum Gasteiger partial charge on any atom is -0.376 e. The molecule has 1 aliphatic rings. The van der Waals surface area contributed by atoms with Crippen LogP contribution in [-0.4, -0.2) is 36.9 Å². The molecule has 0 bridgehead atoms. The van der Waals surface area contributed by atoms with Gasteiger partial charge in [0, 0.05) is 25.5 Å². The van der Waals surface area contributed by atoms with Crippen molar-refractivity contribution >= 4 is 29.1 Å². The number of alkyl halides is 1. The topological polar surface area (TPSA) is 67.4 Å². The van der Waals surface area contributed by atoms with E-state index < -0.39 is 0 Å². The van der Waals surface area contributed by atoms with Crippen LogP contribution in [0.2, 0.25) is 0 Å². The minimum atomic E-state index is -0.215. The Kier molecular flexibility index (Phi) is 6.02. The number of benzene rings is 1. The molecule has 0 radical (unpaired) electrons. The van der Waals surface area contributed by atoms with E-state index in [1.807, 2.05) is 0 Å². The molecule has 1 saturated heterocycles. The fourth-order valence-electron chi connectivity index (χ4n) is 2.20. The molecule has 1 fully saturated rings. The number of anilines is 1. The van der Waals surface area contributed by atoms with Crippen LogP contribution in [0.5, 0.6) is 0 Å². The first-order valence-electron chi connectivity index (χ1n) is 7.05. The second-order valence-corrected chi connectivity index (χ2v) is 5.26. The lowest BCUT2D eigenvalue weighted by molar-refractivity contribution is -0.115. The zero-order valence-corrected chi connectivity index (χ0v) is 12.5. The summed E-state index contributed by atoms with van der Waals surface area (Å²) in [5.41, 5.74) is 0.941. The maximum atomic E-state index is 12.2. The number of amides is 2. The highest BCUT2D eigenvalue weighted by molar-refractivity contribution is 6.19. The van der Waals surface area contributed by atoms with Gasteiger partial charge in [-0.2, -0.15) is 0 Å². The lowest BCUT2D eigenvalue weighted by atomic mass is 10.1. The number of carbonyl (C=O) groups is 2. The molecule has 0 aliphatic carbocycles. The molecular weight excluding hydrogens is 292 g/mol. The molecule has 0 aromatic heterocycles. The first-order valence-corrected chi connectivity index (χ1v) is 7.59. The number of nitrogens with one attached hydrogen (secondary N) is 2. The molecule has 21 heavy (non-hydrogen) atoms. The Labute approximate surface area is 129 Å². The van der Waals surface area contributed by atoms with Crippen molar-refractivity contribution in [2.75, 3.05) is 24.3 Å². The molecule has 0 saturated carbocycles. The fraction of sp³-hybridized carbons (Fsp3) is 0.467. The number of hydrogen-bond donors (Lipinski definition) is 2. The van der Waals surface area contributed by atoms with E-state index in [0.29, 0.717) is 17.8 Å². The summed E-state index contributed by atoms with van der Waals surface area (Å²) in [5, 5.41) is 5.55. The quantitative estimate of drug-likeness (QED) is 0.791. The van der Waals surface area contributed by atoms with Crippen LogP contribution in [0, 0.1) is 0 Å². The van der Waals surface area contributed by atoms with Gasteiger partial charge in [-0.3, -0.25) is 9.59 Å². The average Bonchev–Trinajstić information content (AvgIpc) is 2.99. The summed E-state index contributed by atoms with van der Waals surface area (Å²) in [6, 6.07) is 6.92. The van der Waals surface area contributed by atoms with Gasteiger partial charge in [0.05, 0.1) is 17.4 Å². The molecule has 1 aliphatic heterocycles. The van der Waals surface area contributed by atoms with E-state index in [4.69, 9.17) is 16.3 Å². The Morgan fingerprint density at radius 3 is 2.86 bits per heavy atom. The molecule has 114 valence electrons. The molecular formula is C15H19ClN2O3. The Bertz CT molecular complexity index is 501. The molecule has 0 unspecified atom stereocenters. The predicted octanol–water partition coefficient (Wildman–Crippen LogP) is 2.16. The molecule has 2 N–H and O–H groups in total. The monoisotopic (exact) mass is 310 g/mol. The second kappa shape index (κ2) is 8.00. The Hall–Kier alpha value is -1.59. The maximum Gasteiger partial charge on any atom is 0.253 e. The lowest BCUT2D eigenvalue weighted by Crippen LogP contribution is -2.32. The first-order chi connectivity index (χ1) is 10.2. The maximum absolute atomic E-state index is 12.2. The molecule has 2 rings (SSSR count). The number of carbonyl (C=O) groups excluding carboxylic acids is 2. The second-order valence-electron chi connectivity index (χ2n) is 4.88. The van der Waals surface area contributed by atoms with Crippen LogP contribution in [-0.2, 0) is 9.53 Å². The minimum absolute atomic E-state index is 0.0898. The molecule has 1 atom stereocenters. The van der Waals surface area contributed by atoms with Crippen molar-refractivity contribution in [2.45, 2.75) is 25.4 Å². The van der Waals surface area contributed by atoms with Crippen LogP contribution in [0.1, 0.15) is 29.6 Å². The Morgan fingerprint density at radius 1 is 1.33 bits per heavy atom. The zero-order valence-electron chi connectivity index (χ0n) is 11.7. The molecule has 0 spiro atoms. The van der Waals surface area contributed by atoms with Gasteiger partial charge in [-0.1, -0.05) is 12.1 Å². The van der Waals surface area contributed by atoms with Crippen LogP contribution in [0.25, 0.3) is 0 Å². The SMILES string of the molecule is O=C(CCCl)Nc1ccccc1C(=O)NC[C@H]1CCCO1. The fourth-order valence-corrected chi connectivity index (χ4v) is 2.37. The summed E-state index contributed by atoms with van der Waals surface area (Å²) >= 11 is 5.53. The number of para-hydroxylation sites is 1. The van der Waals surface area contributed by atoms with Crippen LogP contribution in [0.3, 0.4) is 0 Å². The van der Waals surface area contributed by atoms with Gasteiger partial charge in [-0.05, 0) is 25.0 Å². The zero-order chi connectivity index (χ0) is 15.1. The molecule has 1 aromatic rings. The van der Waals surface area contributed by atoms with Crippen molar-refractivity contribution in [1.29, 1.82) is 0 Å². The highest BCUT2D eigenvalue weighted by Crippen LogP contribution is 2.16. The van der Waals surface area contributed by atoms with Crippen molar-refractivity contribution in [3.63, 3.8) is 0 Å².